The molecule has 2 aromatic rings. The molecule has 1 aliphatic heterocycles. The van der Waals surface area contributed by atoms with Gasteiger partial charge in [0.25, 0.3) is 0 Å². The number of aromatic nitrogens is 1. The molecule has 1 unspecified atom stereocenters. The summed E-state index contributed by atoms with van der Waals surface area (Å²) in [6.45, 7) is 3.63. The Bertz CT molecular complexity index is 702. The van der Waals surface area contributed by atoms with Crippen LogP contribution in [-0.4, -0.2) is 37.7 Å². The molecule has 0 saturated carbocycles. The number of ether oxygens (including phenoxy) is 2. The molecule has 1 amide bonds. The van der Waals surface area contributed by atoms with Crippen LogP contribution < -0.4 is 20.1 Å². The minimum atomic E-state index is -0.110. The van der Waals surface area contributed by atoms with Crippen LogP contribution in [0.4, 0.5) is 5.13 Å². The molecular formula is C16H19N3O3S. The summed E-state index contributed by atoms with van der Waals surface area (Å²) in [5.41, 5.74) is 1.75. The van der Waals surface area contributed by atoms with Crippen molar-refractivity contribution < 1.29 is 14.3 Å². The second-order valence-corrected chi connectivity index (χ2v) is 6.20. The molecule has 0 aliphatic carbocycles. The molecule has 0 saturated heterocycles. The number of benzene rings is 1. The molecule has 2 heterocycles. The number of hydrogen-bond acceptors (Lipinski definition) is 6. The quantitative estimate of drug-likeness (QED) is 0.879. The molecule has 0 spiro atoms. The zero-order chi connectivity index (χ0) is 16.2. The van der Waals surface area contributed by atoms with Gasteiger partial charge >= 0.3 is 0 Å². The van der Waals surface area contributed by atoms with E-state index in [9.17, 15) is 4.79 Å². The first kappa shape index (κ1) is 15.8. The van der Waals surface area contributed by atoms with E-state index in [2.05, 4.69) is 15.6 Å². The van der Waals surface area contributed by atoms with Crippen molar-refractivity contribution in [1.29, 1.82) is 0 Å². The van der Waals surface area contributed by atoms with Crippen LogP contribution in [0, 0.1) is 5.92 Å². The predicted octanol–water partition coefficient (Wildman–Crippen LogP) is 2.38. The van der Waals surface area contributed by atoms with E-state index < -0.39 is 0 Å². The number of rotatable bonds is 5. The maximum Gasteiger partial charge on any atom is 0.230 e. The van der Waals surface area contributed by atoms with E-state index in [1.54, 1.807) is 0 Å². The van der Waals surface area contributed by atoms with Crippen LogP contribution in [0.1, 0.15) is 6.92 Å². The van der Waals surface area contributed by atoms with Gasteiger partial charge in [-0.15, -0.1) is 11.3 Å². The van der Waals surface area contributed by atoms with Crippen molar-refractivity contribution in [3.8, 4) is 22.8 Å². The summed E-state index contributed by atoms with van der Waals surface area (Å²) in [7, 11) is 1.83. The first-order chi connectivity index (χ1) is 11.2. The molecule has 1 atom stereocenters. The van der Waals surface area contributed by atoms with Crippen LogP contribution in [0.3, 0.4) is 0 Å². The van der Waals surface area contributed by atoms with E-state index in [4.69, 9.17) is 9.47 Å². The third-order valence-corrected chi connectivity index (χ3v) is 4.29. The van der Waals surface area contributed by atoms with Gasteiger partial charge in [-0.05, 0) is 25.2 Å². The van der Waals surface area contributed by atoms with E-state index in [1.165, 1.54) is 11.3 Å². The van der Waals surface area contributed by atoms with E-state index in [1.807, 2.05) is 37.6 Å². The number of anilines is 1. The van der Waals surface area contributed by atoms with Gasteiger partial charge in [-0.2, -0.15) is 0 Å². The highest BCUT2D eigenvalue weighted by Gasteiger charge is 2.16. The largest absolute Gasteiger partial charge is 0.486 e. The summed E-state index contributed by atoms with van der Waals surface area (Å²) in [6, 6.07) is 5.74. The summed E-state index contributed by atoms with van der Waals surface area (Å²) in [6.07, 6.45) is 0. The topological polar surface area (TPSA) is 72.5 Å². The van der Waals surface area contributed by atoms with Gasteiger partial charge in [0.2, 0.25) is 5.91 Å². The molecule has 0 radical (unpaired) electrons. The lowest BCUT2D eigenvalue weighted by atomic mass is 10.1. The Balaban J connectivity index is 1.73. The minimum absolute atomic E-state index is 0.0394. The third kappa shape index (κ3) is 3.62. The van der Waals surface area contributed by atoms with Gasteiger partial charge in [0.05, 0.1) is 5.69 Å². The second kappa shape index (κ2) is 6.97. The Morgan fingerprint density at radius 3 is 2.91 bits per heavy atom. The van der Waals surface area contributed by atoms with E-state index >= 15 is 0 Å². The summed E-state index contributed by atoms with van der Waals surface area (Å²) in [4.78, 5) is 16.5. The molecule has 23 heavy (non-hydrogen) atoms. The molecule has 1 aromatic carbocycles. The number of fused-ring (bicyclic) bond motifs is 1. The van der Waals surface area contributed by atoms with Crippen molar-refractivity contribution in [1.82, 2.24) is 10.3 Å². The average molecular weight is 333 g/mol. The van der Waals surface area contributed by atoms with Crippen molar-refractivity contribution in [3.05, 3.63) is 23.6 Å². The molecule has 3 rings (SSSR count). The number of carbonyl (C=O) groups excluding carboxylic acids is 1. The smallest absolute Gasteiger partial charge is 0.230 e. The minimum Gasteiger partial charge on any atom is -0.486 e. The van der Waals surface area contributed by atoms with Gasteiger partial charge in [-0.1, -0.05) is 6.92 Å². The maximum absolute atomic E-state index is 12.0. The normalized spacial score (nSPS) is 14.3. The molecule has 2 N–H and O–H groups in total. The lowest BCUT2D eigenvalue weighted by molar-refractivity contribution is -0.119. The second-order valence-electron chi connectivity index (χ2n) is 5.34. The third-order valence-electron chi connectivity index (χ3n) is 3.53. The Kier molecular flexibility index (Phi) is 4.78. The molecule has 6 nitrogen and oxygen atoms in total. The molecule has 1 aliphatic rings. The SMILES string of the molecule is CNCC(C)C(=O)Nc1nc(-c2ccc3c(c2)OCCO3)cs1. The number of amides is 1. The van der Waals surface area contributed by atoms with Gasteiger partial charge in [0.1, 0.15) is 13.2 Å². The zero-order valence-corrected chi connectivity index (χ0v) is 13.9. The highest BCUT2D eigenvalue weighted by atomic mass is 32.1. The Morgan fingerprint density at radius 1 is 1.35 bits per heavy atom. The van der Waals surface area contributed by atoms with Crippen LogP contribution in [0.5, 0.6) is 11.5 Å². The van der Waals surface area contributed by atoms with Gasteiger partial charge < -0.3 is 20.1 Å². The molecule has 122 valence electrons. The summed E-state index contributed by atoms with van der Waals surface area (Å²) in [5.74, 6) is 1.34. The highest BCUT2D eigenvalue weighted by Crippen LogP contribution is 2.35. The van der Waals surface area contributed by atoms with Gasteiger partial charge in [-0.3, -0.25) is 4.79 Å². The first-order valence-electron chi connectivity index (χ1n) is 7.48. The number of nitrogens with one attached hydrogen (secondary N) is 2. The van der Waals surface area contributed by atoms with E-state index in [0.717, 1.165) is 22.8 Å². The fourth-order valence-electron chi connectivity index (χ4n) is 2.29. The number of nitrogens with zero attached hydrogens (tertiary/aromatic N) is 1. The zero-order valence-electron chi connectivity index (χ0n) is 13.1. The Hall–Kier alpha value is -2.12. The number of thiazole rings is 1. The summed E-state index contributed by atoms with van der Waals surface area (Å²) in [5, 5.41) is 8.36. The molecule has 1 aromatic heterocycles. The van der Waals surface area contributed by atoms with Crippen LogP contribution in [0.2, 0.25) is 0 Å². The van der Waals surface area contributed by atoms with Crippen LogP contribution in [0.15, 0.2) is 23.6 Å². The van der Waals surface area contributed by atoms with Crippen molar-refractivity contribution in [3.63, 3.8) is 0 Å². The molecule has 7 heteroatoms. The van der Waals surface area contributed by atoms with E-state index in [-0.39, 0.29) is 11.8 Å². The standard InChI is InChI=1S/C16H19N3O3S/c1-10(8-17-2)15(20)19-16-18-12(9-23-16)11-3-4-13-14(7-11)22-6-5-21-13/h3-4,7,9-10,17H,5-6,8H2,1-2H3,(H,18,19,20). The van der Waals surface area contributed by atoms with Gasteiger partial charge in [0, 0.05) is 23.4 Å². The molecule has 0 bridgehead atoms. The van der Waals surface area contributed by atoms with Crippen molar-refractivity contribution in [2.45, 2.75) is 6.92 Å². The monoisotopic (exact) mass is 333 g/mol. The Morgan fingerprint density at radius 2 is 2.13 bits per heavy atom. The van der Waals surface area contributed by atoms with Crippen LogP contribution in [0.25, 0.3) is 11.3 Å². The predicted molar refractivity (Wildman–Crippen MR) is 90.3 cm³/mol. The molecular weight excluding hydrogens is 314 g/mol. The molecule has 0 fully saturated rings. The van der Waals surface area contributed by atoms with Crippen LogP contribution in [-0.2, 0) is 4.79 Å². The summed E-state index contributed by atoms with van der Waals surface area (Å²) < 4.78 is 11.1. The summed E-state index contributed by atoms with van der Waals surface area (Å²) >= 11 is 1.41. The lowest BCUT2D eigenvalue weighted by Gasteiger charge is -2.18. The fourth-order valence-corrected chi connectivity index (χ4v) is 3.02. The Labute approximate surface area is 138 Å². The van der Waals surface area contributed by atoms with Crippen molar-refractivity contribution >= 4 is 22.4 Å². The fraction of sp³-hybridized carbons (Fsp3) is 0.375. The average Bonchev–Trinajstić information content (AvgIpc) is 3.03. The number of carbonyl (C=O) groups is 1. The van der Waals surface area contributed by atoms with Crippen molar-refractivity contribution in [2.24, 2.45) is 5.92 Å². The van der Waals surface area contributed by atoms with Crippen molar-refractivity contribution in [2.75, 3.05) is 32.1 Å². The first-order valence-corrected chi connectivity index (χ1v) is 8.36. The van der Waals surface area contributed by atoms with E-state index in [0.29, 0.717) is 24.9 Å². The number of hydrogen-bond donors (Lipinski definition) is 2. The lowest BCUT2D eigenvalue weighted by Crippen LogP contribution is -2.28. The van der Waals surface area contributed by atoms with Crippen LogP contribution >= 0.6 is 11.3 Å². The van der Waals surface area contributed by atoms with Gasteiger partial charge in [0.15, 0.2) is 16.6 Å². The van der Waals surface area contributed by atoms with Gasteiger partial charge in [-0.25, -0.2) is 4.98 Å². The highest BCUT2D eigenvalue weighted by molar-refractivity contribution is 7.14. The maximum atomic E-state index is 12.0.